The Hall–Kier alpha value is -1.75. The summed E-state index contributed by atoms with van der Waals surface area (Å²) in [6.45, 7) is 6.03. The van der Waals surface area contributed by atoms with Crippen LogP contribution in [0.3, 0.4) is 0 Å². The second kappa shape index (κ2) is 7.55. The van der Waals surface area contributed by atoms with Gasteiger partial charge in [-0.05, 0) is 30.2 Å². The lowest BCUT2D eigenvalue weighted by molar-refractivity contribution is 0.0819. The number of nitrogens with two attached hydrogens (primary N) is 1. The topological polar surface area (TPSA) is 77.1 Å². The molecule has 18 heavy (non-hydrogen) atoms. The van der Waals surface area contributed by atoms with E-state index in [1.54, 1.807) is 24.3 Å². The van der Waals surface area contributed by atoms with Crippen LogP contribution in [0.25, 0.3) is 0 Å². The molecule has 3 N–H and O–H groups in total. The van der Waals surface area contributed by atoms with Gasteiger partial charge in [0.1, 0.15) is 12.4 Å². The van der Waals surface area contributed by atoms with E-state index < -0.39 is 0 Å². The van der Waals surface area contributed by atoms with E-state index in [9.17, 15) is 0 Å². The molecule has 0 fully saturated rings. The van der Waals surface area contributed by atoms with Gasteiger partial charge in [-0.2, -0.15) is 0 Å². The zero-order valence-corrected chi connectivity index (χ0v) is 10.8. The average Bonchev–Trinajstić information content (AvgIpc) is 2.38. The van der Waals surface area contributed by atoms with Crippen molar-refractivity contribution in [3.05, 3.63) is 29.8 Å². The van der Waals surface area contributed by atoms with E-state index >= 15 is 0 Å². The third-order valence-corrected chi connectivity index (χ3v) is 2.21. The van der Waals surface area contributed by atoms with Gasteiger partial charge in [0, 0.05) is 12.2 Å². The molecule has 1 aromatic carbocycles. The Balaban J connectivity index is 2.31. The molecule has 5 heteroatoms. The van der Waals surface area contributed by atoms with Crippen LogP contribution in [-0.4, -0.2) is 30.9 Å². The zero-order chi connectivity index (χ0) is 13.4. The largest absolute Gasteiger partial charge is 0.491 e. The molecule has 0 aromatic heterocycles. The second-order valence-electron chi connectivity index (χ2n) is 4.33. The summed E-state index contributed by atoms with van der Waals surface area (Å²) in [6, 6.07) is 7.02. The zero-order valence-electron chi connectivity index (χ0n) is 10.8. The highest BCUT2D eigenvalue weighted by Crippen LogP contribution is 2.11. The maximum atomic E-state index is 8.52. The van der Waals surface area contributed by atoms with Crippen LogP contribution in [0.4, 0.5) is 0 Å². The minimum atomic E-state index is 0.0850. The number of hydrogen-bond acceptors (Lipinski definition) is 4. The Bertz CT molecular complexity index is 374. The van der Waals surface area contributed by atoms with Crippen LogP contribution < -0.4 is 10.5 Å². The Labute approximate surface area is 107 Å². The normalized spacial score (nSPS) is 11.8. The summed E-state index contributed by atoms with van der Waals surface area (Å²) in [5.41, 5.74) is 6.11. The Kier molecular flexibility index (Phi) is 6.00. The molecule has 0 saturated heterocycles. The fraction of sp³-hybridized carbons (Fsp3) is 0.462. The fourth-order valence-electron chi connectivity index (χ4n) is 1.32. The van der Waals surface area contributed by atoms with Crippen LogP contribution in [0, 0.1) is 5.92 Å². The van der Waals surface area contributed by atoms with Crippen molar-refractivity contribution >= 4 is 5.84 Å². The van der Waals surface area contributed by atoms with Gasteiger partial charge in [-0.25, -0.2) is 0 Å². The first-order valence-electron chi connectivity index (χ1n) is 5.92. The summed E-state index contributed by atoms with van der Waals surface area (Å²) < 4.78 is 10.9. The minimum Gasteiger partial charge on any atom is -0.491 e. The standard InChI is InChI=1S/C13H20N2O3/c1-10(2)9-17-7-8-18-12-5-3-11(4-6-12)13(14)15-16/h3-6,10,16H,7-9H2,1-2H3,(H2,14,15). The lowest BCUT2D eigenvalue weighted by Gasteiger charge is -2.09. The molecular weight excluding hydrogens is 232 g/mol. The lowest BCUT2D eigenvalue weighted by Crippen LogP contribution is -2.13. The molecular formula is C13H20N2O3. The molecule has 0 aliphatic rings. The van der Waals surface area contributed by atoms with Gasteiger partial charge in [-0.1, -0.05) is 19.0 Å². The van der Waals surface area contributed by atoms with E-state index in [0.29, 0.717) is 24.7 Å². The van der Waals surface area contributed by atoms with Crippen molar-refractivity contribution in [2.24, 2.45) is 16.8 Å². The maximum absolute atomic E-state index is 8.52. The van der Waals surface area contributed by atoms with Crippen LogP contribution in [-0.2, 0) is 4.74 Å². The quantitative estimate of drug-likeness (QED) is 0.255. The number of hydrogen-bond donors (Lipinski definition) is 2. The second-order valence-corrected chi connectivity index (χ2v) is 4.33. The van der Waals surface area contributed by atoms with E-state index in [4.69, 9.17) is 20.4 Å². The smallest absolute Gasteiger partial charge is 0.170 e. The van der Waals surface area contributed by atoms with Gasteiger partial charge in [0.25, 0.3) is 0 Å². The average molecular weight is 252 g/mol. The minimum absolute atomic E-state index is 0.0850. The molecule has 0 aliphatic heterocycles. The van der Waals surface area contributed by atoms with Crippen LogP contribution in [0.2, 0.25) is 0 Å². The highest BCUT2D eigenvalue weighted by Gasteiger charge is 2.00. The Morgan fingerprint density at radius 2 is 1.94 bits per heavy atom. The number of ether oxygens (including phenoxy) is 2. The van der Waals surface area contributed by atoms with E-state index in [2.05, 4.69) is 19.0 Å². The van der Waals surface area contributed by atoms with Gasteiger partial charge in [0.2, 0.25) is 0 Å². The molecule has 0 radical (unpaired) electrons. The summed E-state index contributed by atoms with van der Waals surface area (Å²) in [6.07, 6.45) is 0. The predicted octanol–water partition coefficient (Wildman–Crippen LogP) is 1.83. The number of benzene rings is 1. The molecule has 100 valence electrons. The van der Waals surface area contributed by atoms with Crippen molar-refractivity contribution < 1.29 is 14.7 Å². The molecule has 0 amide bonds. The third-order valence-electron chi connectivity index (χ3n) is 2.21. The van der Waals surface area contributed by atoms with Gasteiger partial charge < -0.3 is 20.4 Å². The van der Waals surface area contributed by atoms with Crippen molar-refractivity contribution in [2.45, 2.75) is 13.8 Å². The van der Waals surface area contributed by atoms with Crippen molar-refractivity contribution in [3.8, 4) is 5.75 Å². The van der Waals surface area contributed by atoms with Gasteiger partial charge in [-0.3, -0.25) is 0 Å². The summed E-state index contributed by atoms with van der Waals surface area (Å²) >= 11 is 0. The SMILES string of the molecule is CC(C)COCCOc1ccc(C(N)=NO)cc1. The Morgan fingerprint density at radius 1 is 1.28 bits per heavy atom. The lowest BCUT2D eigenvalue weighted by atomic mass is 10.2. The van der Waals surface area contributed by atoms with Crippen LogP contribution in [0.5, 0.6) is 5.75 Å². The molecule has 5 nitrogen and oxygen atoms in total. The van der Waals surface area contributed by atoms with Crippen molar-refractivity contribution in [1.82, 2.24) is 0 Å². The van der Waals surface area contributed by atoms with Crippen LogP contribution in [0.1, 0.15) is 19.4 Å². The first-order valence-corrected chi connectivity index (χ1v) is 5.92. The molecule has 1 aromatic rings. The molecule has 0 spiro atoms. The van der Waals surface area contributed by atoms with Gasteiger partial charge in [-0.15, -0.1) is 0 Å². The highest BCUT2D eigenvalue weighted by molar-refractivity contribution is 5.97. The molecule has 0 atom stereocenters. The number of oxime groups is 1. The number of rotatable bonds is 7. The maximum Gasteiger partial charge on any atom is 0.170 e. The highest BCUT2D eigenvalue weighted by atomic mass is 16.5. The van der Waals surface area contributed by atoms with Crippen LogP contribution >= 0.6 is 0 Å². The van der Waals surface area contributed by atoms with Crippen molar-refractivity contribution in [3.63, 3.8) is 0 Å². The van der Waals surface area contributed by atoms with Gasteiger partial charge in [0.05, 0.1) is 6.61 Å². The summed E-state index contributed by atoms with van der Waals surface area (Å²) in [5, 5.41) is 11.4. The number of amidine groups is 1. The predicted molar refractivity (Wildman–Crippen MR) is 70.1 cm³/mol. The molecule has 0 bridgehead atoms. The molecule has 0 saturated carbocycles. The van der Waals surface area contributed by atoms with Crippen molar-refractivity contribution in [1.29, 1.82) is 0 Å². The third kappa shape index (κ3) is 5.05. The monoisotopic (exact) mass is 252 g/mol. The fourth-order valence-corrected chi connectivity index (χ4v) is 1.32. The summed E-state index contributed by atoms with van der Waals surface area (Å²) in [4.78, 5) is 0. The summed E-state index contributed by atoms with van der Waals surface area (Å²) in [5.74, 6) is 1.35. The van der Waals surface area contributed by atoms with Gasteiger partial charge >= 0.3 is 0 Å². The molecule has 0 aliphatic carbocycles. The first-order chi connectivity index (χ1) is 8.63. The van der Waals surface area contributed by atoms with E-state index in [1.807, 2.05) is 0 Å². The van der Waals surface area contributed by atoms with Crippen molar-refractivity contribution in [2.75, 3.05) is 19.8 Å². The first kappa shape index (κ1) is 14.3. The van der Waals surface area contributed by atoms with E-state index in [0.717, 1.165) is 12.4 Å². The molecule has 0 heterocycles. The molecule has 0 unspecified atom stereocenters. The van der Waals surface area contributed by atoms with E-state index in [1.165, 1.54) is 0 Å². The van der Waals surface area contributed by atoms with Crippen LogP contribution in [0.15, 0.2) is 29.4 Å². The van der Waals surface area contributed by atoms with E-state index in [-0.39, 0.29) is 5.84 Å². The number of nitrogens with zero attached hydrogens (tertiary/aromatic N) is 1. The summed E-state index contributed by atoms with van der Waals surface area (Å²) in [7, 11) is 0. The Morgan fingerprint density at radius 3 is 2.50 bits per heavy atom. The molecule has 1 rings (SSSR count). The van der Waals surface area contributed by atoms with Gasteiger partial charge in [0.15, 0.2) is 5.84 Å².